The van der Waals surface area contributed by atoms with Crippen molar-refractivity contribution in [3.63, 3.8) is 0 Å². The lowest BCUT2D eigenvalue weighted by Crippen LogP contribution is -2.10. The van der Waals surface area contributed by atoms with Crippen LogP contribution in [0.2, 0.25) is 0 Å². The number of ether oxygens (including phenoxy) is 1. The van der Waals surface area contributed by atoms with E-state index in [1.54, 1.807) is 0 Å². The molecule has 0 amide bonds. The van der Waals surface area contributed by atoms with Gasteiger partial charge in [0.2, 0.25) is 5.82 Å². The molecule has 0 saturated carbocycles. The van der Waals surface area contributed by atoms with Crippen LogP contribution in [0.5, 0.6) is 0 Å². The molecule has 1 aromatic rings. The maximum Gasteiger partial charge on any atom is 0.200 e. The monoisotopic (exact) mass is 228 g/mol. The van der Waals surface area contributed by atoms with E-state index in [9.17, 15) is 22.0 Å². The van der Waals surface area contributed by atoms with E-state index in [0.717, 1.165) is 7.11 Å². The highest BCUT2D eigenvalue weighted by Crippen LogP contribution is 2.28. The van der Waals surface area contributed by atoms with Crippen molar-refractivity contribution in [1.29, 1.82) is 0 Å². The maximum absolute atomic E-state index is 13.0. The van der Waals surface area contributed by atoms with Gasteiger partial charge in [-0.1, -0.05) is 0 Å². The zero-order chi connectivity index (χ0) is 11.7. The lowest BCUT2D eigenvalue weighted by Gasteiger charge is -2.13. The molecule has 0 aliphatic heterocycles. The topological polar surface area (TPSA) is 9.23 Å². The van der Waals surface area contributed by atoms with E-state index in [-0.39, 0.29) is 0 Å². The van der Waals surface area contributed by atoms with Gasteiger partial charge in [-0.2, -0.15) is 0 Å². The third-order valence-electron chi connectivity index (χ3n) is 2.00. The minimum absolute atomic E-state index is 0.964. The molecular formula is C9H7F5O. The Morgan fingerprint density at radius 3 is 1.47 bits per heavy atom. The molecule has 0 unspecified atom stereocenters. The van der Waals surface area contributed by atoms with Crippen molar-refractivity contribution in [3.8, 4) is 0 Å². The number of benzene rings is 1. The van der Waals surface area contributed by atoms with Crippen LogP contribution in [0.25, 0.3) is 0 Å². The van der Waals surface area contributed by atoms with Gasteiger partial charge in [-0.3, -0.25) is 0 Å². The fraction of sp³-hybridized carbons (Fsp3) is 0.333. The molecule has 0 bridgehead atoms. The molecule has 0 heterocycles. The molecule has 15 heavy (non-hydrogen) atoms. The number of methoxy groups -OCH3 is 1. The third kappa shape index (κ3) is 1.81. The zero-order valence-electron chi connectivity index (χ0n) is 7.88. The molecule has 0 aliphatic rings. The summed E-state index contributed by atoms with van der Waals surface area (Å²) < 4.78 is 68.6. The Kier molecular flexibility index (Phi) is 3.28. The molecule has 0 spiro atoms. The summed E-state index contributed by atoms with van der Waals surface area (Å²) >= 11 is 0. The third-order valence-corrected chi connectivity index (χ3v) is 2.00. The fourth-order valence-electron chi connectivity index (χ4n) is 1.10. The summed E-state index contributed by atoms with van der Waals surface area (Å²) in [6, 6.07) is 0. The molecule has 0 aromatic heterocycles. The molecule has 0 saturated heterocycles. The molecule has 1 rings (SSSR count). The summed E-state index contributed by atoms with van der Waals surface area (Å²) in [7, 11) is 1.10. The van der Waals surface area contributed by atoms with Gasteiger partial charge in [0.1, 0.15) is 0 Å². The van der Waals surface area contributed by atoms with Gasteiger partial charge >= 0.3 is 0 Å². The number of hydrogen-bond donors (Lipinski definition) is 0. The summed E-state index contributed by atoms with van der Waals surface area (Å²) in [4.78, 5) is 0. The van der Waals surface area contributed by atoms with Gasteiger partial charge in [0.05, 0.1) is 11.7 Å². The largest absolute Gasteiger partial charge is 0.377 e. The molecule has 0 N–H and O–H groups in total. The van der Waals surface area contributed by atoms with E-state index in [0.29, 0.717) is 0 Å². The summed E-state index contributed by atoms with van der Waals surface area (Å²) in [6.45, 7) is 1.18. The molecule has 6 heteroatoms. The van der Waals surface area contributed by atoms with Crippen LogP contribution in [0.3, 0.4) is 0 Å². The van der Waals surface area contributed by atoms with E-state index in [4.69, 9.17) is 0 Å². The average Bonchev–Trinajstić information content (AvgIpc) is 2.23. The van der Waals surface area contributed by atoms with Crippen LogP contribution in [0.1, 0.15) is 18.6 Å². The van der Waals surface area contributed by atoms with Crippen LogP contribution < -0.4 is 0 Å². The highest BCUT2D eigenvalue weighted by atomic mass is 19.2. The predicted octanol–water partition coefficient (Wildman–Crippen LogP) is 3.09. The average molecular weight is 228 g/mol. The summed E-state index contributed by atoms with van der Waals surface area (Å²) in [6.07, 6.45) is -1.21. The lowest BCUT2D eigenvalue weighted by atomic mass is 10.1. The summed E-state index contributed by atoms with van der Waals surface area (Å²) in [5.74, 6) is -9.82. The van der Waals surface area contributed by atoms with Crippen LogP contribution in [0, 0.1) is 29.1 Å². The Labute approximate surface area is 82.5 Å². The van der Waals surface area contributed by atoms with Gasteiger partial charge < -0.3 is 4.74 Å². The molecule has 84 valence electrons. The maximum atomic E-state index is 13.0. The SMILES string of the molecule is C[18O][C@@H](C)c1c(F)c(F)c(F)c(F)c1F. The lowest BCUT2D eigenvalue weighted by molar-refractivity contribution is 0.110. The predicted molar refractivity (Wildman–Crippen MR) is 41.7 cm³/mol. The van der Waals surface area contributed by atoms with Gasteiger partial charge in [0.15, 0.2) is 23.3 Å². The van der Waals surface area contributed by atoms with Crippen molar-refractivity contribution in [2.75, 3.05) is 7.11 Å². The van der Waals surface area contributed by atoms with Crippen LogP contribution in [-0.2, 0) is 4.74 Å². The van der Waals surface area contributed by atoms with Crippen molar-refractivity contribution in [2.45, 2.75) is 13.0 Å². The second-order valence-corrected chi connectivity index (χ2v) is 2.86. The first-order valence-corrected chi connectivity index (χ1v) is 3.95. The fourth-order valence-corrected chi connectivity index (χ4v) is 1.10. The molecular weight excluding hydrogens is 221 g/mol. The quantitative estimate of drug-likeness (QED) is 0.327. The first kappa shape index (κ1) is 11.9. The molecule has 0 radical (unpaired) electrons. The van der Waals surface area contributed by atoms with Gasteiger partial charge in [0, 0.05) is 7.11 Å². The molecule has 0 aliphatic carbocycles. The number of rotatable bonds is 2. The zero-order valence-corrected chi connectivity index (χ0v) is 7.88. The first-order chi connectivity index (χ1) is 6.91. The van der Waals surface area contributed by atoms with E-state index in [1.807, 2.05) is 0 Å². The van der Waals surface area contributed by atoms with Gasteiger partial charge in [-0.15, -0.1) is 0 Å². The van der Waals surface area contributed by atoms with E-state index in [2.05, 4.69) is 4.74 Å². The molecule has 0 fully saturated rings. The van der Waals surface area contributed by atoms with Crippen LogP contribution in [0.4, 0.5) is 22.0 Å². The standard InChI is InChI=1S/C9H7F5O/c1-3(15-2)4-5(10)7(12)9(14)8(13)6(4)11/h3H,1-2H3/t3-/m0/s1/i15+2. The molecule has 1 aromatic carbocycles. The minimum atomic E-state index is -2.17. The van der Waals surface area contributed by atoms with Crippen molar-refractivity contribution in [1.82, 2.24) is 0 Å². The van der Waals surface area contributed by atoms with Crippen molar-refractivity contribution in [3.05, 3.63) is 34.6 Å². The van der Waals surface area contributed by atoms with E-state index >= 15 is 0 Å². The highest BCUT2D eigenvalue weighted by molar-refractivity contribution is 5.25. The van der Waals surface area contributed by atoms with Crippen LogP contribution in [0.15, 0.2) is 0 Å². The summed E-state index contributed by atoms with van der Waals surface area (Å²) in [5, 5.41) is 0. The first-order valence-electron chi connectivity index (χ1n) is 3.95. The smallest absolute Gasteiger partial charge is 0.200 e. The molecule has 1 nitrogen and oxygen atoms in total. The van der Waals surface area contributed by atoms with Gasteiger partial charge in [-0.05, 0) is 6.92 Å². The Hall–Kier alpha value is -1.17. The summed E-state index contributed by atoms with van der Waals surface area (Å²) in [5.41, 5.74) is -0.964. The van der Waals surface area contributed by atoms with Crippen LogP contribution >= 0.6 is 0 Å². The Morgan fingerprint density at radius 1 is 0.800 bits per heavy atom. The highest BCUT2D eigenvalue weighted by Gasteiger charge is 2.28. The van der Waals surface area contributed by atoms with Crippen molar-refractivity contribution in [2.24, 2.45) is 0 Å². The van der Waals surface area contributed by atoms with Crippen molar-refractivity contribution >= 4 is 0 Å². The normalized spacial score (nSPS) is 13.0. The second kappa shape index (κ2) is 4.14. The Balaban J connectivity index is 3.52. The molecule has 1 atom stereocenters. The Bertz CT molecular complexity index is 362. The number of hydrogen-bond acceptors (Lipinski definition) is 1. The van der Waals surface area contributed by atoms with Crippen molar-refractivity contribution < 1.29 is 26.7 Å². The minimum Gasteiger partial charge on any atom is -0.377 e. The number of halogens is 5. The van der Waals surface area contributed by atoms with E-state index in [1.165, 1.54) is 6.92 Å². The van der Waals surface area contributed by atoms with Gasteiger partial charge in [-0.25, -0.2) is 22.0 Å². The van der Waals surface area contributed by atoms with Gasteiger partial charge in [0.25, 0.3) is 0 Å². The Morgan fingerprint density at radius 2 is 1.13 bits per heavy atom. The van der Waals surface area contributed by atoms with Crippen LogP contribution in [-0.4, -0.2) is 7.11 Å². The second-order valence-electron chi connectivity index (χ2n) is 2.86. The van der Waals surface area contributed by atoms with E-state index < -0.39 is 40.8 Å².